The fourth-order valence-corrected chi connectivity index (χ4v) is 3.72. The highest BCUT2D eigenvalue weighted by molar-refractivity contribution is 6.41. The second kappa shape index (κ2) is 6.11. The summed E-state index contributed by atoms with van der Waals surface area (Å²) in [5.41, 5.74) is 0.625. The number of fused-ring (bicyclic) bond motifs is 1. The summed E-state index contributed by atoms with van der Waals surface area (Å²) < 4.78 is 15.8. The third-order valence-corrected chi connectivity index (χ3v) is 5.27. The van der Waals surface area contributed by atoms with Gasteiger partial charge in [0, 0.05) is 11.6 Å². The number of carbonyl (C=O) groups is 2. The molecule has 0 aliphatic heterocycles. The molecule has 0 saturated heterocycles. The number of carbonyl (C=O) groups excluding carboxylic acids is 1. The summed E-state index contributed by atoms with van der Waals surface area (Å²) in [6.07, 6.45) is 3.52. The Morgan fingerprint density at radius 1 is 1.15 bits per heavy atom. The van der Waals surface area contributed by atoms with Gasteiger partial charge < -0.3 is 5.11 Å². The standard InChI is InChI=1S/C19H12Cl2FNO3/c20-13-4-3-12(19(25)26)16(21)15(13)18(24)23-6-5-10-7-11(9-1-2-9)8-14(22)17(10)23/h3-9H,1-2H2,(H,25,26). The maximum Gasteiger partial charge on any atom is 0.337 e. The molecule has 1 aliphatic carbocycles. The van der Waals surface area contributed by atoms with Crippen molar-refractivity contribution in [2.75, 3.05) is 0 Å². The van der Waals surface area contributed by atoms with E-state index in [1.54, 1.807) is 6.07 Å². The van der Waals surface area contributed by atoms with Crippen LogP contribution in [0.4, 0.5) is 4.39 Å². The number of rotatable bonds is 3. The molecular formula is C19H12Cl2FNO3. The summed E-state index contributed by atoms with van der Waals surface area (Å²) in [6, 6.07) is 7.47. The molecule has 1 heterocycles. The van der Waals surface area contributed by atoms with Crippen molar-refractivity contribution in [1.29, 1.82) is 0 Å². The van der Waals surface area contributed by atoms with Crippen LogP contribution >= 0.6 is 23.2 Å². The highest BCUT2D eigenvalue weighted by Gasteiger charge is 2.27. The van der Waals surface area contributed by atoms with Crippen LogP contribution in [0.25, 0.3) is 10.9 Å². The van der Waals surface area contributed by atoms with Gasteiger partial charge in [0.2, 0.25) is 0 Å². The molecule has 0 spiro atoms. The predicted octanol–water partition coefficient (Wildman–Crippen LogP) is 5.35. The average molecular weight is 392 g/mol. The Labute approximate surface area is 157 Å². The zero-order valence-electron chi connectivity index (χ0n) is 13.3. The van der Waals surface area contributed by atoms with Gasteiger partial charge >= 0.3 is 5.97 Å². The van der Waals surface area contributed by atoms with Crippen molar-refractivity contribution >= 4 is 46.0 Å². The molecule has 26 heavy (non-hydrogen) atoms. The van der Waals surface area contributed by atoms with Crippen molar-refractivity contribution < 1.29 is 19.1 Å². The van der Waals surface area contributed by atoms with E-state index in [1.807, 2.05) is 6.07 Å². The van der Waals surface area contributed by atoms with E-state index in [-0.39, 0.29) is 26.7 Å². The van der Waals surface area contributed by atoms with E-state index in [4.69, 9.17) is 23.2 Å². The Morgan fingerprint density at radius 2 is 1.88 bits per heavy atom. The quantitative estimate of drug-likeness (QED) is 0.654. The van der Waals surface area contributed by atoms with Crippen molar-refractivity contribution in [2.45, 2.75) is 18.8 Å². The van der Waals surface area contributed by atoms with Crippen molar-refractivity contribution in [3.8, 4) is 0 Å². The molecule has 1 aromatic heterocycles. The van der Waals surface area contributed by atoms with Crippen LogP contribution in [0.3, 0.4) is 0 Å². The van der Waals surface area contributed by atoms with Crippen molar-refractivity contribution in [1.82, 2.24) is 4.57 Å². The fourth-order valence-electron chi connectivity index (χ4n) is 3.11. The van der Waals surface area contributed by atoms with E-state index in [9.17, 15) is 19.1 Å². The van der Waals surface area contributed by atoms with Gasteiger partial charge in [0.1, 0.15) is 5.82 Å². The highest BCUT2D eigenvalue weighted by atomic mass is 35.5. The molecule has 2 aromatic carbocycles. The molecule has 7 heteroatoms. The number of hydrogen-bond acceptors (Lipinski definition) is 2. The third-order valence-electron chi connectivity index (χ3n) is 4.56. The van der Waals surface area contributed by atoms with Crippen LogP contribution in [0, 0.1) is 5.82 Å². The van der Waals surface area contributed by atoms with Gasteiger partial charge in [-0.25, -0.2) is 9.18 Å². The van der Waals surface area contributed by atoms with Crippen LogP contribution in [0.5, 0.6) is 0 Å². The van der Waals surface area contributed by atoms with Crippen LogP contribution in [-0.2, 0) is 0 Å². The number of halogens is 3. The first-order valence-corrected chi connectivity index (χ1v) is 8.70. The first-order valence-electron chi connectivity index (χ1n) is 7.95. The minimum Gasteiger partial charge on any atom is -0.478 e. The SMILES string of the molecule is O=C(O)c1ccc(Cl)c(C(=O)n2ccc3cc(C4CC4)cc(F)c32)c1Cl. The summed E-state index contributed by atoms with van der Waals surface area (Å²) in [4.78, 5) is 24.2. The summed E-state index contributed by atoms with van der Waals surface area (Å²) in [5, 5.41) is 9.52. The van der Waals surface area contributed by atoms with Gasteiger partial charge in [-0.3, -0.25) is 9.36 Å². The van der Waals surface area contributed by atoms with Gasteiger partial charge in [0.25, 0.3) is 5.91 Å². The molecule has 4 nitrogen and oxygen atoms in total. The lowest BCUT2D eigenvalue weighted by molar-refractivity contribution is 0.0697. The maximum atomic E-state index is 14.7. The van der Waals surface area contributed by atoms with Gasteiger partial charge in [-0.15, -0.1) is 0 Å². The number of nitrogens with zero attached hydrogens (tertiary/aromatic N) is 1. The van der Waals surface area contributed by atoms with Crippen LogP contribution < -0.4 is 0 Å². The van der Waals surface area contributed by atoms with E-state index in [1.165, 1.54) is 24.4 Å². The minimum absolute atomic E-state index is 0.00172. The predicted molar refractivity (Wildman–Crippen MR) is 97.0 cm³/mol. The van der Waals surface area contributed by atoms with E-state index >= 15 is 0 Å². The average Bonchev–Trinajstić information content (AvgIpc) is 3.34. The van der Waals surface area contributed by atoms with Crippen molar-refractivity contribution in [3.63, 3.8) is 0 Å². The summed E-state index contributed by atoms with van der Waals surface area (Å²) in [5.74, 6) is -2.09. The fraction of sp³-hybridized carbons (Fsp3) is 0.158. The normalized spacial score (nSPS) is 14.0. The van der Waals surface area contributed by atoms with Crippen molar-refractivity contribution in [3.05, 3.63) is 69.1 Å². The van der Waals surface area contributed by atoms with Gasteiger partial charge in [-0.2, -0.15) is 0 Å². The summed E-state index contributed by atoms with van der Waals surface area (Å²) >= 11 is 12.2. The molecule has 4 rings (SSSR count). The van der Waals surface area contributed by atoms with E-state index in [0.717, 1.165) is 23.0 Å². The van der Waals surface area contributed by atoms with Gasteiger partial charge in [0.05, 0.1) is 26.7 Å². The van der Waals surface area contributed by atoms with Crippen LogP contribution in [0.15, 0.2) is 36.5 Å². The number of benzene rings is 2. The lowest BCUT2D eigenvalue weighted by Gasteiger charge is -2.11. The Balaban J connectivity index is 1.87. The van der Waals surface area contributed by atoms with Crippen LogP contribution in [-0.4, -0.2) is 21.6 Å². The highest BCUT2D eigenvalue weighted by Crippen LogP contribution is 2.41. The molecule has 1 fully saturated rings. The van der Waals surface area contributed by atoms with Gasteiger partial charge in [-0.1, -0.05) is 23.2 Å². The number of aromatic nitrogens is 1. The molecule has 0 unspecified atom stereocenters. The Kier molecular flexibility index (Phi) is 4.01. The minimum atomic E-state index is -1.28. The lowest BCUT2D eigenvalue weighted by Crippen LogP contribution is -2.14. The van der Waals surface area contributed by atoms with Gasteiger partial charge in [-0.05, 0) is 54.7 Å². The Bertz CT molecular complexity index is 1090. The van der Waals surface area contributed by atoms with E-state index < -0.39 is 17.7 Å². The number of carboxylic acid groups (broad SMARTS) is 1. The van der Waals surface area contributed by atoms with Crippen LogP contribution in [0.2, 0.25) is 10.0 Å². The lowest BCUT2D eigenvalue weighted by atomic mass is 10.1. The first kappa shape index (κ1) is 17.1. The van der Waals surface area contributed by atoms with Crippen molar-refractivity contribution in [2.24, 2.45) is 0 Å². The van der Waals surface area contributed by atoms with Crippen LogP contribution in [0.1, 0.15) is 45.0 Å². The molecule has 1 N–H and O–H groups in total. The second-order valence-electron chi connectivity index (χ2n) is 6.29. The second-order valence-corrected chi connectivity index (χ2v) is 7.08. The Hall–Kier alpha value is -2.37. The third kappa shape index (κ3) is 2.68. The molecule has 1 aliphatic rings. The number of hydrogen-bond donors (Lipinski definition) is 1. The zero-order valence-corrected chi connectivity index (χ0v) is 14.8. The monoisotopic (exact) mass is 391 g/mol. The summed E-state index contributed by atoms with van der Waals surface area (Å²) in [6.45, 7) is 0. The zero-order chi connectivity index (χ0) is 18.6. The molecule has 0 bridgehead atoms. The smallest absolute Gasteiger partial charge is 0.337 e. The molecule has 1 saturated carbocycles. The van der Waals surface area contributed by atoms with Gasteiger partial charge in [0.15, 0.2) is 0 Å². The molecule has 0 amide bonds. The topological polar surface area (TPSA) is 59.3 Å². The largest absolute Gasteiger partial charge is 0.478 e. The first-order chi connectivity index (χ1) is 12.4. The maximum absolute atomic E-state index is 14.7. The Morgan fingerprint density at radius 3 is 2.54 bits per heavy atom. The number of carboxylic acids is 1. The number of aromatic carboxylic acids is 1. The molecule has 3 aromatic rings. The van der Waals surface area contributed by atoms with E-state index in [2.05, 4.69) is 0 Å². The molecular weight excluding hydrogens is 380 g/mol. The molecule has 0 atom stereocenters. The molecule has 132 valence electrons. The van der Waals surface area contributed by atoms with E-state index in [0.29, 0.717) is 11.3 Å². The molecule has 0 radical (unpaired) electrons. The summed E-state index contributed by atoms with van der Waals surface area (Å²) in [7, 11) is 0.